The fraction of sp³-hybridized carbons (Fsp3) is 0.250. The van der Waals surface area contributed by atoms with Gasteiger partial charge in [-0.05, 0) is 25.1 Å². The molecule has 19 heavy (non-hydrogen) atoms. The third-order valence-corrected chi connectivity index (χ3v) is 2.43. The molecule has 1 heterocycles. The van der Waals surface area contributed by atoms with Crippen LogP contribution in [0.15, 0.2) is 35.2 Å². The summed E-state index contributed by atoms with van der Waals surface area (Å²) in [7, 11) is 0. The second-order valence-corrected chi connectivity index (χ2v) is 3.73. The zero-order chi connectivity index (χ0) is 12.8. The van der Waals surface area contributed by atoms with Gasteiger partial charge in [-0.15, -0.1) is 12.4 Å². The van der Waals surface area contributed by atoms with Gasteiger partial charge in [0, 0.05) is 17.7 Å². The molecule has 0 aliphatic carbocycles. The third kappa shape index (κ3) is 4.04. The van der Waals surface area contributed by atoms with Crippen molar-refractivity contribution in [2.24, 2.45) is 5.73 Å². The van der Waals surface area contributed by atoms with Gasteiger partial charge < -0.3 is 15.6 Å². The van der Waals surface area contributed by atoms with Crippen LogP contribution >= 0.6 is 12.4 Å². The lowest BCUT2D eigenvalue weighted by atomic mass is 10.1. The average Bonchev–Trinajstić information content (AvgIpc) is 2.93. The van der Waals surface area contributed by atoms with Crippen LogP contribution in [0, 0.1) is 0 Å². The molecule has 1 aromatic heterocycles. The molecule has 1 amide bonds. The van der Waals surface area contributed by atoms with Crippen molar-refractivity contribution in [2.45, 2.75) is 6.42 Å². The number of benzene rings is 1. The Labute approximate surface area is 116 Å². The van der Waals surface area contributed by atoms with Crippen LogP contribution < -0.4 is 11.1 Å². The Morgan fingerprint density at radius 2 is 2.05 bits per heavy atom. The molecule has 2 rings (SSSR count). The van der Waals surface area contributed by atoms with Crippen molar-refractivity contribution >= 4 is 18.3 Å². The maximum absolute atomic E-state index is 11.7. The number of nitrogens with one attached hydrogen (secondary N) is 1. The molecular formula is C12H15ClN4O2. The first-order valence-electron chi connectivity index (χ1n) is 5.66. The second kappa shape index (κ2) is 7.50. The maximum atomic E-state index is 11.7. The van der Waals surface area contributed by atoms with Gasteiger partial charge in [0.15, 0.2) is 0 Å². The Hall–Kier alpha value is -1.92. The first-order chi connectivity index (χ1) is 8.81. The summed E-state index contributed by atoms with van der Waals surface area (Å²) < 4.78 is 4.66. The first kappa shape index (κ1) is 15.1. The smallest absolute Gasteiger partial charge is 0.251 e. The zero-order valence-corrected chi connectivity index (χ0v) is 11.0. The van der Waals surface area contributed by atoms with Crippen molar-refractivity contribution in [1.29, 1.82) is 0 Å². The second-order valence-electron chi connectivity index (χ2n) is 3.73. The minimum absolute atomic E-state index is 0. The number of carbonyl (C=O) groups excluding carboxylic acids is 1. The SMILES string of the molecule is Cl.NCCCNC(=O)c1ccc(-c2ncon2)cc1. The Morgan fingerprint density at radius 3 is 2.63 bits per heavy atom. The van der Waals surface area contributed by atoms with Crippen LogP contribution in [-0.4, -0.2) is 29.1 Å². The van der Waals surface area contributed by atoms with E-state index in [2.05, 4.69) is 20.0 Å². The van der Waals surface area contributed by atoms with Crippen molar-refractivity contribution < 1.29 is 9.32 Å². The highest BCUT2D eigenvalue weighted by atomic mass is 35.5. The van der Waals surface area contributed by atoms with Crippen molar-refractivity contribution in [1.82, 2.24) is 15.5 Å². The molecule has 0 aliphatic rings. The molecule has 0 saturated carbocycles. The van der Waals surface area contributed by atoms with E-state index < -0.39 is 0 Å². The van der Waals surface area contributed by atoms with Gasteiger partial charge in [-0.2, -0.15) is 4.98 Å². The molecule has 0 bridgehead atoms. The Morgan fingerprint density at radius 1 is 1.32 bits per heavy atom. The lowest BCUT2D eigenvalue weighted by Crippen LogP contribution is -2.25. The number of hydrogen-bond donors (Lipinski definition) is 2. The summed E-state index contributed by atoms with van der Waals surface area (Å²) in [5, 5.41) is 6.51. The predicted octanol–water partition coefficient (Wildman–Crippen LogP) is 1.24. The van der Waals surface area contributed by atoms with Gasteiger partial charge >= 0.3 is 0 Å². The van der Waals surface area contributed by atoms with Crippen LogP contribution in [0.5, 0.6) is 0 Å². The van der Waals surface area contributed by atoms with Gasteiger partial charge in [-0.1, -0.05) is 17.3 Å². The van der Waals surface area contributed by atoms with Crippen LogP contribution in [0.2, 0.25) is 0 Å². The normalized spacial score (nSPS) is 9.74. The van der Waals surface area contributed by atoms with E-state index in [0.29, 0.717) is 24.5 Å². The molecule has 2 aromatic rings. The standard InChI is InChI=1S/C12H14N4O2.ClH/c13-6-1-7-14-12(17)10-4-2-9(3-5-10)11-15-8-18-16-11;/h2-5,8H,1,6-7,13H2,(H,14,17);1H. The van der Waals surface area contributed by atoms with Crippen molar-refractivity contribution in [3.63, 3.8) is 0 Å². The number of rotatable bonds is 5. The van der Waals surface area contributed by atoms with Gasteiger partial charge in [0.05, 0.1) is 0 Å². The van der Waals surface area contributed by atoms with Crippen LogP contribution in [0.25, 0.3) is 11.4 Å². The summed E-state index contributed by atoms with van der Waals surface area (Å²) in [5.41, 5.74) is 6.76. The van der Waals surface area contributed by atoms with E-state index in [1.54, 1.807) is 24.3 Å². The molecule has 0 saturated heterocycles. The van der Waals surface area contributed by atoms with Crippen LogP contribution in [0.1, 0.15) is 16.8 Å². The summed E-state index contributed by atoms with van der Waals surface area (Å²) >= 11 is 0. The fourth-order valence-electron chi connectivity index (χ4n) is 1.47. The molecule has 0 aliphatic heterocycles. The Bertz CT molecular complexity index is 499. The summed E-state index contributed by atoms with van der Waals surface area (Å²) in [4.78, 5) is 15.6. The largest absolute Gasteiger partial charge is 0.352 e. The van der Waals surface area contributed by atoms with E-state index >= 15 is 0 Å². The number of nitrogens with zero attached hydrogens (tertiary/aromatic N) is 2. The molecule has 3 N–H and O–H groups in total. The van der Waals surface area contributed by atoms with Crippen molar-refractivity contribution in [3.8, 4) is 11.4 Å². The van der Waals surface area contributed by atoms with Crippen molar-refractivity contribution in [2.75, 3.05) is 13.1 Å². The number of hydrogen-bond acceptors (Lipinski definition) is 5. The molecule has 1 aromatic carbocycles. The highest BCUT2D eigenvalue weighted by Gasteiger charge is 2.06. The number of halogens is 1. The van der Waals surface area contributed by atoms with E-state index in [4.69, 9.17) is 5.73 Å². The molecule has 0 spiro atoms. The molecule has 0 atom stereocenters. The average molecular weight is 283 g/mol. The number of carbonyl (C=O) groups is 1. The van der Waals surface area contributed by atoms with Crippen LogP contribution in [-0.2, 0) is 0 Å². The predicted molar refractivity (Wildman–Crippen MR) is 73.0 cm³/mol. The van der Waals surface area contributed by atoms with Crippen LogP contribution in [0.4, 0.5) is 0 Å². The van der Waals surface area contributed by atoms with Gasteiger partial charge in [-0.25, -0.2) is 0 Å². The van der Waals surface area contributed by atoms with E-state index in [1.165, 1.54) is 6.39 Å². The molecular weight excluding hydrogens is 268 g/mol. The maximum Gasteiger partial charge on any atom is 0.251 e. The quantitative estimate of drug-likeness (QED) is 0.805. The highest BCUT2D eigenvalue weighted by molar-refractivity contribution is 5.94. The molecule has 7 heteroatoms. The number of aromatic nitrogens is 2. The molecule has 0 unspecified atom stereocenters. The minimum atomic E-state index is -0.108. The lowest BCUT2D eigenvalue weighted by Gasteiger charge is -2.04. The molecule has 6 nitrogen and oxygen atoms in total. The van der Waals surface area contributed by atoms with Gasteiger partial charge in [0.25, 0.3) is 5.91 Å². The summed E-state index contributed by atoms with van der Waals surface area (Å²) in [6.45, 7) is 1.15. The fourth-order valence-corrected chi connectivity index (χ4v) is 1.47. The van der Waals surface area contributed by atoms with E-state index in [0.717, 1.165) is 12.0 Å². The lowest BCUT2D eigenvalue weighted by molar-refractivity contribution is 0.0953. The first-order valence-corrected chi connectivity index (χ1v) is 5.66. The number of amides is 1. The number of nitrogens with two attached hydrogens (primary N) is 1. The monoisotopic (exact) mass is 282 g/mol. The topological polar surface area (TPSA) is 94.0 Å². The molecule has 102 valence electrons. The zero-order valence-electron chi connectivity index (χ0n) is 10.2. The summed E-state index contributed by atoms with van der Waals surface area (Å²) in [5.74, 6) is 0.396. The van der Waals surface area contributed by atoms with E-state index in [-0.39, 0.29) is 18.3 Å². The van der Waals surface area contributed by atoms with Crippen molar-refractivity contribution in [3.05, 3.63) is 36.2 Å². The summed E-state index contributed by atoms with van der Waals surface area (Å²) in [6, 6.07) is 7.01. The highest BCUT2D eigenvalue weighted by Crippen LogP contribution is 2.14. The van der Waals surface area contributed by atoms with E-state index in [1.807, 2.05) is 0 Å². The van der Waals surface area contributed by atoms with Gasteiger partial charge in [-0.3, -0.25) is 4.79 Å². The third-order valence-electron chi connectivity index (χ3n) is 2.43. The van der Waals surface area contributed by atoms with Gasteiger partial charge in [0.2, 0.25) is 12.2 Å². The summed E-state index contributed by atoms with van der Waals surface area (Å²) in [6.07, 6.45) is 2.04. The molecule has 0 radical (unpaired) electrons. The molecule has 0 fully saturated rings. The Balaban J connectivity index is 0.00000180. The Kier molecular flexibility index (Phi) is 5.98. The van der Waals surface area contributed by atoms with Crippen LogP contribution in [0.3, 0.4) is 0 Å². The minimum Gasteiger partial charge on any atom is -0.352 e. The van der Waals surface area contributed by atoms with E-state index in [9.17, 15) is 4.79 Å². The van der Waals surface area contributed by atoms with Gasteiger partial charge in [0.1, 0.15) is 0 Å².